The zero-order chi connectivity index (χ0) is 34.2. The highest BCUT2D eigenvalue weighted by Crippen LogP contribution is 2.47. The summed E-state index contributed by atoms with van der Waals surface area (Å²) in [4.78, 5) is 0. The van der Waals surface area contributed by atoms with Crippen LogP contribution < -0.4 is 0 Å². The molecule has 0 amide bonds. The molecule has 0 saturated carbocycles. The maximum Gasteiger partial charge on any atom is 0.0586 e. The first-order valence-electron chi connectivity index (χ1n) is 22.9. The summed E-state index contributed by atoms with van der Waals surface area (Å²) in [6.07, 6.45) is 62.6. The van der Waals surface area contributed by atoms with Crippen LogP contribution in [-0.4, -0.2) is 26.2 Å². The molecule has 0 rings (SSSR count). The van der Waals surface area contributed by atoms with Gasteiger partial charge in [-0.25, -0.2) is 0 Å². The minimum atomic E-state index is -0.523. The molecule has 0 aromatic rings. The second-order valence-corrected chi connectivity index (χ2v) is 22.2. The van der Waals surface area contributed by atoms with E-state index in [2.05, 4.69) is 26.9 Å². The Morgan fingerprint density at radius 3 is 0.447 bits per heavy atom. The molecule has 0 nitrogen and oxygen atoms in total. The van der Waals surface area contributed by atoms with Gasteiger partial charge in [0.05, 0.1) is 6.16 Å². The Labute approximate surface area is 302 Å². The summed E-state index contributed by atoms with van der Waals surface area (Å²) in [5.74, 6) is 0. The monoisotopic (exact) mass is 680 g/mol. The van der Waals surface area contributed by atoms with Gasteiger partial charge >= 0.3 is 0 Å². The highest BCUT2D eigenvalue weighted by molar-refractivity contribution is 7.73. The fourth-order valence-electron chi connectivity index (χ4n) is 7.55. The summed E-state index contributed by atoms with van der Waals surface area (Å²) in [5.41, 5.74) is 0. The third-order valence-electron chi connectivity index (χ3n) is 10.9. The largest absolute Gasteiger partial charge is 0.0654 e. The van der Waals surface area contributed by atoms with Gasteiger partial charge in [-0.15, -0.1) is 0 Å². The van der Waals surface area contributed by atoms with Crippen molar-refractivity contribution >= 4 is 7.26 Å². The Morgan fingerprint density at radius 1 is 0.191 bits per heavy atom. The topological polar surface area (TPSA) is 0 Å². The molecule has 0 fully saturated rings. The minimum Gasteiger partial charge on any atom is -0.0654 e. The van der Waals surface area contributed by atoms with Crippen molar-refractivity contribution in [1.29, 1.82) is 0 Å². The first-order valence-corrected chi connectivity index (χ1v) is 26.2. The molecule has 0 N–H and O–H groups in total. The lowest BCUT2D eigenvalue weighted by molar-refractivity contribution is 0.509. The maximum absolute atomic E-state index is 2.48. The number of rotatable bonds is 42. The molecule has 47 heavy (non-hydrogen) atoms. The molecule has 0 aliphatic heterocycles. The standard InChI is InChI=1S/C46H96P/c1-5-6-7-8-9-10-11-12-13-14-15-16-17-18-19-20-21-22-23-24-25-26-27-28-29-30-31-32-33-34-35-36-37-38-39-40-41-42-43-44-45-46-47(2,3)4/h5-46H2,1-4H3/q+1. The highest BCUT2D eigenvalue weighted by atomic mass is 31.2. The van der Waals surface area contributed by atoms with Crippen LogP contribution in [0.25, 0.3) is 0 Å². The lowest BCUT2D eigenvalue weighted by Crippen LogP contribution is -1.93. The summed E-state index contributed by atoms with van der Waals surface area (Å²) in [5, 5.41) is 0. The van der Waals surface area contributed by atoms with Crippen molar-refractivity contribution in [3.05, 3.63) is 0 Å². The van der Waals surface area contributed by atoms with E-state index >= 15 is 0 Å². The van der Waals surface area contributed by atoms with E-state index in [1.165, 1.54) is 269 Å². The van der Waals surface area contributed by atoms with Crippen LogP contribution in [0.5, 0.6) is 0 Å². The number of unbranched alkanes of at least 4 members (excludes halogenated alkanes) is 40. The predicted octanol–water partition coefficient (Wildman–Crippen LogP) is 17.9. The van der Waals surface area contributed by atoms with Crippen LogP contribution >= 0.6 is 7.26 Å². The lowest BCUT2D eigenvalue weighted by atomic mass is 10.0. The van der Waals surface area contributed by atoms with Crippen LogP contribution in [-0.2, 0) is 0 Å². The quantitative estimate of drug-likeness (QED) is 0.0445. The molecule has 0 unspecified atom stereocenters. The summed E-state index contributed by atoms with van der Waals surface area (Å²) in [7, 11) is -0.523. The van der Waals surface area contributed by atoms with E-state index in [4.69, 9.17) is 0 Å². The van der Waals surface area contributed by atoms with Crippen molar-refractivity contribution in [3.8, 4) is 0 Å². The number of hydrogen-bond donors (Lipinski definition) is 0. The zero-order valence-corrected chi connectivity index (χ0v) is 35.0. The van der Waals surface area contributed by atoms with Gasteiger partial charge < -0.3 is 0 Å². The molecular weight excluding hydrogens is 583 g/mol. The third-order valence-corrected chi connectivity index (χ3v) is 12.6. The summed E-state index contributed by atoms with van der Waals surface area (Å²) >= 11 is 0. The summed E-state index contributed by atoms with van der Waals surface area (Å²) in [6.45, 7) is 9.77. The van der Waals surface area contributed by atoms with E-state index in [0.29, 0.717) is 0 Å². The second-order valence-electron chi connectivity index (χ2n) is 17.2. The van der Waals surface area contributed by atoms with Crippen LogP contribution in [0, 0.1) is 0 Å². The molecule has 284 valence electrons. The minimum absolute atomic E-state index is 0.523. The molecule has 1 heteroatoms. The smallest absolute Gasteiger partial charge is 0.0586 e. The van der Waals surface area contributed by atoms with Gasteiger partial charge in [-0.3, -0.25) is 0 Å². The second kappa shape index (κ2) is 40.9. The fourth-order valence-corrected chi connectivity index (χ4v) is 8.73. The van der Waals surface area contributed by atoms with Gasteiger partial charge in [0.1, 0.15) is 0 Å². The Bertz CT molecular complexity index is 534. The van der Waals surface area contributed by atoms with Crippen LogP contribution in [0.1, 0.15) is 270 Å². The van der Waals surface area contributed by atoms with E-state index < -0.39 is 7.26 Å². The van der Waals surface area contributed by atoms with Crippen molar-refractivity contribution in [2.24, 2.45) is 0 Å². The molecule has 0 atom stereocenters. The maximum atomic E-state index is 2.48. The first-order chi connectivity index (χ1) is 23.1. The van der Waals surface area contributed by atoms with Gasteiger partial charge in [0.15, 0.2) is 0 Å². The predicted molar refractivity (Wildman–Crippen MR) is 225 cm³/mol. The van der Waals surface area contributed by atoms with Gasteiger partial charge in [-0.2, -0.15) is 0 Å². The molecule has 0 bridgehead atoms. The Morgan fingerprint density at radius 2 is 0.319 bits per heavy atom. The van der Waals surface area contributed by atoms with E-state index in [1.54, 1.807) is 0 Å². The Kier molecular flexibility index (Phi) is 41.2. The average Bonchev–Trinajstić information content (AvgIpc) is 3.05. The van der Waals surface area contributed by atoms with Gasteiger partial charge in [0.25, 0.3) is 0 Å². The van der Waals surface area contributed by atoms with E-state index in [0.717, 1.165) is 0 Å². The van der Waals surface area contributed by atoms with Crippen molar-refractivity contribution in [2.75, 3.05) is 26.2 Å². The molecule has 0 saturated heterocycles. The van der Waals surface area contributed by atoms with E-state index in [-0.39, 0.29) is 0 Å². The van der Waals surface area contributed by atoms with Crippen LogP contribution in [0.4, 0.5) is 0 Å². The van der Waals surface area contributed by atoms with Gasteiger partial charge in [0, 0.05) is 27.3 Å². The molecule has 0 spiro atoms. The molecule has 0 aliphatic rings. The summed E-state index contributed by atoms with van der Waals surface area (Å²) < 4.78 is 0. The number of hydrogen-bond acceptors (Lipinski definition) is 0. The van der Waals surface area contributed by atoms with Gasteiger partial charge in [-0.1, -0.05) is 257 Å². The molecule has 0 aromatic carbocycles. The highest BCUT2D eigenvalue weighted by Gasteiger charge is 2.15. The van der Waals surface area contributed by atoms with E-state index in [9.17, 15) is 0 Å². The van der Waals surface area contributed by atoms with Crippen molar-refractivity contribution in [2.45, 2.75) is 270 Å². The average molecular weight is 680 g/mol. The van der Waals surface area contributed by atoms with Gasteiger partial charge in [-0.05, 0) is 12.8 Å². The zero-order valence-electron chi connectivity index (χ0n) is 34.1. The normalized spacial score (nSPS) is 12.0. The van der Waals surface area contributed by atoms with Crippen LogP contribution in [0.2, 0.25) is 0 Å². The van der Waals surface area contributed by atoms with Crippen molar-refractivity contribution in [3.63, 3.8) is 0 Å². The first kappa shape index (κ1) is 47.4. The molecule has 0 heterocycles. The molecule has 0 aromatic heterocycles. The SMILES string of the molecule is CCCCCCCCCCCCCCCCCCCCCCCCCCCCCCCCCCCCCCCCCCC[P+](C)(C)C. The molecule has 0 aliphatic carbocycles. The lowest BCUT2D eigenvalue weighted by Gasteiger charge is -2.10. The third kappa shape index (κ3) is 46.4. The van der Waals surface area contributed by atoms with Crippen molar-refractivity contribution in [1.82, 2.24) is 0 Å². The van der Waals surface area contributed by atoms with Crippen LogP contribution in [0.15, 0.2) is 0 Å². The molecule has 0 radical (unpaired) electrons. The Hall–Kier alpha value is 0.430. The molecular formula is C46H96P+. The fraction of sp³-hybridized carbons (Fsp3) is 1.00. The van der Waals surface area contributed by atoms with Crippen LogP contribution in [0.3, 0.4) is 0 Å². The van der Waals surface area contributed by atoms with Gasteiger partial charge in [0.2, 0.25) is 0 Å². The Balaban J connectivity index is 3.05. The van der Waals surface area contributed by atoms with Crippen molar-refractivity contribution < 1.29 is 0 Å². The van der Waals surface area contributed by atoms with E-state index in [1.807, 2.05) is 0 Å². The summed E-state index contributed by atoms with van der Waals surface area (Å²) in [6, 6.07) is 0.